The summed E-state index contributed by atoms with van der Waals surface area (Å²) < 4.78 is 21.1. The number of amides is 1. The van der Waals surface area contributed by atoms with Crippen LogP contribution >= 0.6 is 15.9 Å². The number of nitrogens with one attached hydrogen (secondary N) is 1. The summed E-state index contributed by atoms with van der Waals surface area (Å²) in [4.78, 5) is 34.2. The van der Waals surface area contributed by atoms with Crippen LogP contribution in [0.1, 0.15) is 12.0 Å². The highest BCUT2D eigenvalue weighted by molar-refractivity contribution is 9.10. The van der Waals surface area contributed by atoms with Crippen molar-refractivity contribution in [2.45, 2.75) is 12.8 Å². The average molecular weight is 497 g/mol. The number of nitrogens with zero attached hydrogens (tertiary/aromatic N) is 1. The smallest absolute Gasteiger partial charge is 0.306 e. The summed E-state index contributed by atoms with van der Waals surface area (Å²) >= 11 is 3.15. The molecule has 0 aromatic heterocycles. The first-order chi connectivity index (χ1) is 14.8. The lowest BCUT2D eigenvalue weighted by atomic mass is 10.1. The monoisotopic (exact) mass is 496 g/mol. The molecule has 0 aliphatic carbocycles. The van der Waals surface area contributed by atoms with Crippen molar-refractivity contribution in [1.82, 2.24) is 0 Å². The van der Waals surface area contributed by atoms with Gasteiger partial charge in [0.25, 0.3) is 11.6 Å². The van der Waals surface area contributed by atoms with E-state index < -0.39 is 23.4 Å². The van der Waals surface area contributed by atoms with Crippen LogP contribution in [0.25, 0.3) is 0 Å². The van der Waals surface area contributed by atoms with Crippen molar-refractivity contribution in [2.24, 2.45) is 0 Å². The van der Waals surface area contributed by atoms with E-state index >= 15 is 0 Å². The van der Waals surface area contributed by atoms with Crippen LogP contribution in [0.15, 0.2) is 34.8 Å². The van der Waals surface area contributed by atoms with Gasteiger partial charge < -0.3 is 24.3 Å². The molecule has 31 heavy (non-hydrogen) atoms. The zero-order valence-corrected chi connectivity index (χ0v) is 18.7. The van der Waals surface area contributed by atoms with E-state index in [0.717, 1.165) is 5.56 Å². The summed E-state index contributed by atoms with van der Waals surface area (Å²) in [5.41, 5.74) is 0.970. The summed E-state index contributed by atoms with van der Waals surface area (Å²) in [7, 11) is 4.49. The summed E-state index contributed by atoms with van der Waals surface area (Å²) in [6.45, 7) is -0.489. The number of benzene rings is 2. The number of hydrogen-bond acceptors (Lipinski definition) is 8. The number of aryl methyl sites for hydroxylation is 1. The van der Waals surface area contributed by atoms with Gasteiger partial charge >= 0.3 is 5.97 Å². The highest BCUT2D eigenvalue weighted by Crippen LogP contribution is 2.38. The van der Waals surface area contributed by atoms with Gasteiger partial charge in [0.2, 0.25) is 5.75 Å². The Morgan fingerprint density at radius 2 is 1.71 bits per heavy atom. The zero-order chi connectivity index (χ0) is 23.0. The fourth-order valence-corrected chi connectivity index (χ4v) is 3.12. The summed E-state index contributed by atoms with van der Waals surface area (Å²) in [6, 6.07) is 7.36. The first-order valence-corrected chi connectivity index (χ1v) is 9.76. The molecule has 10 nitrogen and oxygen atoms in total. The van der Waals surface area contributed by atoms with E-state index in [1.54, 1.807) is 12.1 Å². The number of anilines is 1. The molecule has 0 heterocycles. The third-order valence-electron chi connectivity index (χ3n) is 4.14. The number of nitro benzene ring substituents is 1. The van der Waals surface area contributed by atoms with E-state index in [-0.39, 0.29) is 12.1 Å². The van der Waals surface area contributed by atoms with Crippen LogP contribution in [0.2, 0.25) is 0 Å². The van der Waals surface area contributed by atoms with E-state index in [1.807, 2.05) is 0 Å². The molecule has 0 saturated heterocycles. The second-order valence-electron chi connectivity index (χ2n) is 6.16. The molecule has 11 heteroatoms. The molecule has 0 aliphatic rings. The number of esters is 1. The molecule has 2 aromatic rings. The Hall–Kier alpha value is -3.34. The Kier molecular flexibility index (Phi) is 8.62. The predicted octanol–water partition coefficient (Wildman–Crippen LogP) is 3.50. The summed E-state index contributed by atoms with van der Waals surface area (Å²) in [5, 5.41) is 13.3. The molecule has 0 unspecified atom stereocenters. The van der Waals surface area contributed by atoms with Crippen LogP contribution in [-0.4, -0.2) is 44.7 Å². The van der Waals surface area contributed by atoms with Gasteiger partial charge in [-0.25, -0.2) is 0 Å². The van der Waals surface area contributed by atoms with Crippen molar-refractivity contribution in [2.75, 3.05) is 33.3 Å². The molecule has 0 atom stereocenters. The van der Waals surface area contributed by atoms with E-state index in [4.69, 9.17) is 18.9 Å². The second-order valence-corrected chi connectivity index (χ2v) is 7.02. The van der Waals surface area contributed by atoms with Gasteiger partial charge in [0, 0.05) is 23.0 Å². The lowest BCUT2D eigenvalue weighted by molar-refractivity contribution is -0.384. The Bertz CT molecular complexity index is 955. The fourth-order valence-electron chi connectivity index (χ4n) is 2.65. The van der Waals surface area contributed by atoms with Gasteiger partial charge in [0.1, 0.15) is 0 Å². The number of rotatable bonds is 10. The lowest BCUT2D eigenvalue weighted by Crippen LogP contribution is -2.21. The first kappa shape index (κ1) is 23.9. The Labute approximate surface area is 186 Å². The minimum atomic E-state index is -0.573. The molecule has 2 aromatic carbocycles. The first-order valence-electron chi connectivity index (χ1n) is 8.97. The summed E-state index contributed by atoms with van der Waals surface area (Å²) in [6.07, 6.45) is 0.373. The lowest BCUT2D eigenvalue weighted by Gasteiger charge is -2.14. The van der Waals surface area contributed by atoms with Gasteiger partial charge in [-0.3, -0.25) is 19.7 Å². The van der Waals surface area contributed by atoms with E-state index in [1.165, 1.54) is 39.5 Å². The molecular formula is C20H21BrN2O8. The third-order valence-corrected chi connectivity index (χ3v) is 4.80. The van der Waals surface area contributed by atoms with Gasteiger partial charge in [-0.1, -0.05) is 0 Å². The van der Waals surface area contributed by atoms with Crippen LogP contribution < -0.4 is 19.5 Å². The number of halogens is 1. The highest BCUT2D eigenvalue weighted by Gasteiger charge is 2.15. The summed E-state index contributed by atoms with van der Waals surface area (Å²) in [5.74, 6) is 0.254. The second kappa shape index (κ2) is 11.2. The van der Waals surface area contributed by atoms with Crippen molar-refractivity contribution in [3.63, 3.8) is 0 Å². The number of non-ortho nitro benzene ring substituents is 1. The van der Waals surface area contributed by atoms with Crippen LogP contribution in [0.3, 0.4) is 0 Å². The molecule has 0 radical (unpaired) electrons. The van der Waals surface area contributed by atoms with Gasteiger partial charge in [0.05, 0.1) is 31.9 Å². The number of ether oxygens (including phenoxy) is 4. The number of methoxy groups -OCH3 is 3. The Balaban J connectivity index is 1.88. The molecule has 1 N–H and O–H groups in total. The van der Waals surface area contributed by atoms with E-state index in [9.17, 15) is 19.7 Å². The van der Waals surface area contributed by atoms with E-state index in [2.05, 4.69) is 21.2 Å². The van der Waals surface area contributed by atoms with Crippen molar-refractivity contribution < 1.29 is 33.5 Å². The average Bonchev–Trinajstić information content (AvgIpc) is 2.76. The molecule has 0 aliphatic heterocycles. The molecule has 0 fully saturated rings. The quantitative estimate of drug-likeness (QED) is 0.300. The molecular weight excluding hydrogens is 476 g/mol. The molecule has 0 spiro atoms. The molecule has 0 saturated carbocycles. The number of nitro groups is 1. The molecule has 1 amide bonds. The van der Waals surface area contributed by atoms with Crippen LogP contribution in [0.5, 0.6) is 17.2 Å². The molecule has 166 valence electrons. The Morgan fingerprint density at radius 1 is 1.06 bits per heavy atom. The van der Waals surface area contributed by atoms with Gasteiger partial charge in [0.15, 0.2) is 18.1 Å². The van der Waals surface area contributed by atoms with Crippen LogP contribution in [0.4, 0.5) is 11.4 Å². The number of hydrogen-bond donors (Lipinski definition) is 1. The fraction of sp³-hybridized carbons (Fsp3) is 0.300. The largest absolute Gasteiger partial charge is 0.493 e. The number of carbonyl (C=O) groups is 2. The van der Waals surface area contributed by atoms with E-state index in [0.29, 0.717) is 33.8 Å². The maximum Gasteiger partial charge on any atom is 0.306 e. The molecule has 2 rings (SSSR count). The maximum atomic E-state index is 12.0. The predicted molar refractivity (Wildman–Crippen MR) is 115 cm³/mol. The standard InChI is InChI=1S/C20H21BrN2O8/c1-28-16-8-12(9-17(29-2)20(16)30-3)4-7-19(25)31-11-18(24)22-15-6-5-13(23(26)27)10-14(15)21/h5-6,8-10H,4,7,11H2,1-3H3,(H,22,24). The Morgan fingerprint density at radius 3 is 2.23 bits per heavy atom. The minimum absolute atomic E-state index is 0.0349. The van der Waals surface area contributed by atoms with Crippen LogP contribution in [0, 0.1) is 10.1 Å². The number of carbonyl (C=O) groups excluding carboxylic acids is 2. The molecule has 0 bridgehead atoms. The minimum Gasteiger partial charge on any atom is -0.493 e. The zero-order valence-electron chi connectivity index (χ0n) is 17.1. The highest BCUT2D eigenvalue weighted by atomic mass is 79.9. The van der Waals surface area contributed by atoms with Gasteiger partial charge in [-0.15, -0.1) is 0 Å². The van der Waals surface area contributed by atoms with Crippen molar-refractivity contribution in [1.29, 1.82) is 0 Å². The van der Waals surface area contributed by atoms with Crippen molar-refractivity contribution >= 4 is 39.2 Å². The SMILES string of the molecule is COc1cc(CCC(=O)OCC(=O)Nc2ccc([N+](=O)[O-])cc2Br)cc(OC)c1OC. The van der Waals surface area contributed by atoms with Crippen LogP contribution in [-0.2, 0) is 20.7 Å². The van der Waals surface area contributed by atoms with Gasteiger partial charge in [-0.05, 0) is 46.1 Å². The van der Waals surface area contributed by atoms with Crippen molar-refractivity contribution in [3.8, 4) is 17.2 Å². The van der Waals surface area contributed by atoms with Gasteiger partial charge in [-0.2, -0.15) is 0 Å². The maximum absolute atomic E-state index is 12.0. The third kappa shape index (κ3) is 6.57. The normalized spacial score (nSPS) is 10.2. The topological polar surface area (TPSA) is 126 Å². The van der Waals surface area contributed by atoms with Crippen molar-refractivity contribution in [3.05, 3.63) is 50.5 Å².